The zero-order valence-electron chi connectivity index (χ0n) is 15.2. The average Bonchev–Trinajstić information content (AvgIpc) is 3.07. The molecule has 2 amide bonds. The summed E-state index contributed by atoms with van der Waals surface area (Å²) in [7, 11) is 3.16. The number of hydrogen-bond donors (Lipinski definition) is 2. The molecule has 0 saturated carbocycles. The van der Waals surface area contributed by atoms with E-state index < -0.39 is 0 Å². The Balaban J connectivity index is 2.12. The molecular formula is C17H22ClN5O3S. The first-order valence-corrected chi connectivity index (χ1v) is 9.70. The van der Waals surface area contributed by atoms with Crippen molar-refractivity contribution in [2.24, 2.45) is 0 Å². The molecule has 0 fully saturated rings. The Morgan fingerprint density at radius 2 is 2.04 bits per heavy atom. The number of hydrogen-bond acceptors (Lipinski definition) is 6. The van der Waals surface area contributed by atoms with E-state index in [4.69, 9.17) is 16.3 Å². The number of carbonyl (C=O) groups is 2. The van der Waals surface area contributed by atoms with Gasteiger partial charge in [0.1, 0.15) is 0 Å². The molecule has 0 aliphatic rings. The molecule has 2 N–H and O–H groups in total. The number of ether oxygens (including phenoxy) is 1. The number of likely N-dealkylation sites (N-methyl/N-ethyl adjacent to an activating group) is 1. The van der Waals surface area contributed by atoms with E-state index in [2.05, 4.69) is 20.8 Å². The number of halogens is 1. The van der Waals surface area contributed by atoms with Gasteiger partial charge in [-0.1, -0.05) is 35.5 Å². The maximum Gasteiger partial charge on any atom is 0.239 e. The molecule has 2 aromatic rings. The highest BCUT2D eigenvalue weighted by molar-refractivity contribution is 7.99. The van der Waals surface area contributed by atoms with Gasteiger partial charge in [0.2, 0.25) is 11.8 Å². The highest BCUT2D eigenvalue weighted by atomic mass is 35.5. The second-order valence-corrected chi connectivity index (χ2v) is 6.87. The fourth-order valence-electron chi connectivity index (χ4n) is 2.25. The van der Waals surface area contributed by atoms with Gasteiger partial charge in [-0.15, -0.1) is 10.2 Å². The van der Waals surface area contributed by atoms with E-state index in [0.717, 1.165) is 12.0 Å². The van der Waals surface area contributed by atoms with Crippen LogP contribution in [0.3, 0.4) is 0 Å². The van der Waals surface area contributed by atoms with Crippen LogP contribution >= 0.6 is 23.4 Å². The minimum atomic E-state index is -0.255. The van der Waals surface area contributed by atoms with Gasteiger partial charge in [0.15, 0.2) is 11.0 Å². The third-order valence-electron chi connectivity index (χ3n) is 3.62. The van der Waals surface area contributed by atoms with Gasteiger partial charge in [-0.2, -0.15) is 0 Å². The molecule has 0 unspecified atom stereocenters. The van der Waals surface area contributed by atoms with Crippen LogP contribution in [0.2, 0.25) is 5.02 Å². The van der Waals surface area contributed by atoms with Crippen LogP contribution < -0.4 is 10.6 Å². The van der Waals surface area contributed by atoms with Crippen molar-refractivity contribution in [3.8, 4) is 11.4 Å². The van der Waals surface area contributed by atoms with Crippen LogP contribution in [0.25, 0.3) is 11.4 Å². The Morgan fingerprint density at radius 3 is 2.74 bits per heavy atom. The summed E-state index contributed by atoms with van der Waals surface area (Å²) in [5, 5.41) is 14.7. The van der Waals surface area contributed by atoms with Crippen molar-refractivity contribution in [3.63, 3.8) is 0 Å². The molecule has 8 nitrogen and oxygen atoms in total. The first kappa shape index (κ1) is 21.2. The quantitative estimate of drug-likeness (QED) is 0.455. The number of aromatic nitrogens is 3. The number of benzene rings is 1. The second kappa shape index (κ2) is 10.9. The van der Waals surface area contributed by atoms with Crippen LogP contribution in [0.4, 0.5) is 0 Å². The number of nitrogens with one attached hydrogen (secondary N) is 2. The predicted molar refractivity (Wildman–Crippen MR) is 105 cm³/mol. The van der Waals surface area contributed by atoms with E-state index in [-0.39, 0.29) is 24.1 Å². The molecule has 0 spiro atoms. The third-order valence-corrected chi connectivity index (χ3v) is 4.92. The van der Waals surface area contributed by atoms with Crippen molar-refractivity contribution in [2.45, 2.75) is 18.1 Å². The summed E-state index contributed by atoms with van der Waals surface area (Å²) < 4.78 is 7.05. The topological polar surface area (TPSA) is 98.1 Å². The van der Waals surface area contributed by atoms with Crippen LogP contribution in [-0.2, 0) is 20.9 Å². The minimum absolute atomic E-state index is 0.0543. The lowest BCUT2D eigenvalue weighted by molar-refractivity contribution is -0.124. The largest absolute Gasteiger partial charge is 0.385 e. The summed E-state index contributed by atoms with van der Waals surface area (Å²) in [5.41, 5.74) is 0.778. The summed E-state index contributed by atoms with van der Waals surface area (Å²) in [6, 6.07) is 7.41. The van der Waals surface area contributed by atoms with Crippen molar-refractivity contribution in [3.05, 3.63) is 29.3 Å². The van der Waals surface area contributed by atoms with E-state index in [0.29, 0.717) is 29.2 Å². The van der Waals surface area contributed by atoms with E-state index in [1.165, 1.54) is 18.8 Å². The summed E-state index contributed by atoms with van der Waals surface area (Å²) in [6.07, 6.45) is 0.766. The first-order chi connectivity index (χ1) is 13.1. The minimum Gasteiger partial charge on any atom is -0.385 e. The zero-order valence-corrected chi connectivity index (χ0v) is 16.8. The van der Waals surface area contributed by atoms with Gasteiger partial charge in [0.25, 0.3) is 0 Å². The molecule has 0 aliphatic heterocycles. The van der Waals surface area contributed by atoms with Gasteiger partial charge in [-0.3, -0.25) is 9.59 Å². The third kappa shape index (κ3) is 6.23. The Morgan fingerprint density at radius 1 is 1.26 bits per heavy atom. The van der Waals surface area contributed by atoms with Crippen LogP contribution in [0.15, 0.2) is 29.4 Å². The molecule has 0 saturated heterocycles. The van der Waals surface area contributed by atoms with E-state index in [9.17, 15) is 9.59 Å². The van der Waals surface area contributed by atoms with Crippen molar-refractivity contribution in [1.29, 1.82) is 0 Å². The van der Waals surface area contributed by atoms with Gasteiger partial charge >= 0.3 is 0 Å². The highest BCUT2D eigenvalue weighted by Crippen LogP contribution is 2.29. The Hall–Kier alpha value is -2.10. The summed E-state index contributed by atoms with van der Waals surface area (Å²) >= 11 is 7.55. The van der Waals surface area contributed by atoms with Gasteiger partial charge < -0.3 is 19.9 Å². The Labute approximate surface area is 167 Å². The van der Waals surface area contributed by atoms with Crippen LogP contribution in [0.1, 0.15) is 6.42 Å². The molecule has 1 aromatic carbocycles. The average molecular weight is 412 g/mol. The summed E-state index contributed by atoms with van der Waals surface area (Å²) in [6.45, 7) is 1.17. The van der Waals surface area contributed by atoms with Crippen LogP contribution in [-0.4, -0.2) is 59.6 Å². The fraction of sp³-hybridized carbons (Fsp3) is 0.412. The van der Waals surface area contributed by atoms with Gasteiger partial charge in [0.05, 0.1) is 17.3 Å². The fourth-order valence-corrected chi connectivity index (χ4v) is 3.27. The number of amides is 2. The normalized spacial score (nSPS) is 10.6. The second-order valence-electron chi connectivity index (χ2n) is 5.52. The lowest BCUT2D eigenvalue weighted by Gasteiger charge is -2.11. The molecule has 2 rings (SSSR count). The molecule has 27 heavy (non-hydrogen) atoms. The molecule has 0 radical (unpaired) electrons. The van der Waals surface area contributed by atoms with E-state index >= 15 is 0 Å². The number of nitrogens with zero attached hydrogens (tertiary/aromatic N) is 3. The number of carbonyl (C=O) groups excluding carboxylic acids is 2. The van der Waals surface area contributed by atoms with E-state index in [1.54, 1.807) is 13.2 Å². The Kier molecular flexibility index (Phi) is 8.56. The van der Waals surface area contributed by atoms with Crippen molar-refractivity contribution < 1.29 is 14.3 Å². The summed E-state index contributed by atoms with van der Waals surface area (Å²) in [4.78, 5) is 23.1. The molecule has 1 aromatic heterocycles. The smallest absolute Gasteiger partial charge is 0.239 e. The molecule has 10 heteroatoms. The zero-order chi connectivity index (χ0) is 19.6. The lowest BCUT2D eigenvalue weighted by atomic mass is 10.2. The number of methoxy groups -OCH3 is 1. The molecule has 0 atom stereocenters. The summed E-state index contributed by atoms with van der Waals surface area (Å²) in [5.74, 6) is 0.262. The van der Waals surface area contributed by atoms with Crippen molar-refractivity contribution in [2.75, 3.05) is 33.1 Å². The maximum atomic E-state index is 11.9. The maximum absolute atomic E-state index is 11.9. The lowest BCUT2D eigenvalue weighted by Crippen LogP contribution is -2.36. The molecular weight excluding hydrogens is 390 g/mol. The predicted octanol–water partition coefficient (Wildman–Crippen LogP) is 1.59. The Bertz CT molecular complexity index is 784. The van der Waals surface area contributed by atoms with Gasteiger partial charge in [0, 0.05) is 32.9 Å². The monoisotopic (exact) mass is 411 g/mol. The van der Waals surface area contributed by atoms with E-state index in [1.807, 2.05) is 22.8 Å². The molecule has 0 bridgehead atoms. The molecule has 0 aliphatic carbocycles. The van der Waals surface area contributed by atoms with Crippen molar-refractivity contribution in [1.82, 2.24) is 25.4 Å². The number of rotatable bonds is 10. The van der Waals surface area contributed by atoms with Crippen LogP contribution in [0.5, 0.6) is 0 Å². The SMILES string of the molecule is CNC(=O)CNC(=O)CSc1nnc(-c2ccccc2Cl)n1CCCOC. The van der Waals surface area contributed by atoms with Gasteiger partial charge in [-0.05, 0) is 18.6 Å². The first-order valence-electron chi connectivity index (χ1n) is 8.34. The van der Waals surface area contributed by atoms with Crippen molar-refractivity contribution >= 4 is 35.2 Å². The van der Waals surface area contributed by atoms with Gasteiger partial charge in [-0.25, -0.2) is 0 Å². The molecule has 1 heterocycles. The molecule has 146 valence electrons. The number of thioether (sulfide) groups is 1. The van der Waals surface area contributed by atoms with Crippen LogP contribution in [0, 0.1) is 0 Å². The highest BCUT2D eigenvalue weighted by Gasteiger charge is 2.17. The standard InChI is InChI=1S/C17H22ClN5O3S/c1-19-14(24)10-20-15(25)11-27-17-22-21-16(23(17)8-5-9-26-2)12-6-3-4-7-13(12)18/h3-4,6-7H,5,8-11H2,1-2H3,(H,19,24)(H,20,25).